The first-order valence-electron chi connectivity index (χ1n) is 9.47. The number of fused-ring (bicyclic) bond motifs is 1. The number of aromatic amines is 1. The van der Waals surface area contributed by atoms with Crippen LogP contribution in [-0.2, 0) is 19.4 Å². The van der Waals surface area contributed by atoms with Crippen molar-refractivity contribution in [2.75, 3.05) is 11.9 Å². The minimum absolute atomic E-state index is 0.190. The lowest BCUT2D eigenvalue weighted by molar-refractivity contribution is 0.205. The van der Waals surface area contributed by atoms with Gasteiger partial charge in [0.2, 0.25) is 0 Å². The maximum Gasteiger partial charge on any atom is 0.322 e. The molecule has 0 saturated carbocycles. The van der Waals surface area contributed by atoms with Crippen LogP contribution in [-0.4, -0.2) is 27.4 Å². The van der Waals surface area contributed by atoms with Gasteiger partial charge in [-0.2, -0.15) is 0 Å². The Hall–Kier alpha value is -3.48. The number of nitrogens with one attached hydrogen (secondary N) is 2. The number of aromatic nitrogens is 2. The molecule has 0 atom stereocenters. The van der Waals surface area contributed by atoms with Gasteiger partial charge < -0.3 is 15.2 Å². The lowest BCUT2D eigenvalue weighted by Crippen LogP contribution is -2.42. The summed E-state index contributed by atoms with van der Waals surface area (Å²) in [7, 11) is 0. The molecule has 1 aliphatic heterocycles. The molecule has 1 aliphatic rings. The van der Waals surface area contributed by atoms with Gasteiger partial charge in [0.05, 0.1) is 17.8 Å². The number of carbonyl (C=O) groups excluding carboxylic acids is 1. The summed E-state index contributed by atoms with van der Waals surface area (Å²) >= 11 is 0. The Bertz CT molecular complexity index is 1130. The molecule has 3 aromatic rings. The fourth-order valence-electron chi connectivity index (χ4n) is 3.46. The van der Waals surface area contributed by atoms with Crippen molar-refractivity contribution in [3.8, 4) is 0 Å². The molecule has 2 aromatic carbocycles. The molecule has 29 heavy (non-hydrogen) atoms. The zero-order valence-corrected chi connectivity index (χ0v) is 16.0. The fraction of sp³-hybridized carbons (Fsp3) is 0.227. The van der Waals surface area contributed by atoms with Crippen LogP contribution < -0.4 is 10.9 Å². The number of benzene rings is 2. The van der Waals surface area contributed by atoms with E-state index in [9.17, 15) is 14.0 Å². The van der Waals surface area contributed by atoms with Crippen LogP contribution in [0.4, 0.5) is 14.9 Å². The molecule has 7 heteroatoms. The van der Waals surface area contributed by atoms with Crippen LogP contribution in [0.2, 0.25) is 0 Å². The second kappa shape index (κ2) is 7.87. The fourth-order valence-corrected chi connectivity index (χ4v) is 3.46. The number of carbonyl (C=O) groups is 1. The third-order valence-corrected chi connectivity index (χ3v) is 5.11. The van der Waals surface area contributed by atoms with Crippen LogP contribution in [0.25, 0.3) is 0 Å². The number of anilines is 1. The molecule has 0 aliphatic carbocycles. The van der Waals surface area contributed by atoms with Gasteiger partial charge in [0, 0.05) is 25.1 Å². The van der Waals surface area contributed by atoms with Crippen molar-refractivity contribution >= 4 is 11.7 Å². The second-order valence-electron chi connectivity index (χ2n) is 7.12. The molecule has 0 radical (unpaired) electrons. The van der Waals surface area contributed by atoms with Crippen molar-refractivity contribution in [1.82, 2.24) is 14.9 Å². The first kappa shape index (κ1) is 18.9. The van der Waals surface area contributed by atoms with Gasteiger partial charge >= 0.3 is 6.03 Å². The van der Waals surface area contributed by atoms with Gasteiger partial charge in [-0.15, -0.1) is 0 Å². The number of aryl methyl sites for hydroxylation is 1. The maximum absolute atomic E-state index is 13.9. The Labute approximate surface area is 167 Å². The zero-order chi connectivity index (χ0) is 20.4. The average molecular weight is 392 g/mol. The van der Waals surface area contributed by atoms with Crippen LogP contribution in [0.1, 0.15) is 28.2 Å². The Kier molecular flexibility index (Phi) is 5.12. The topological polar surface area (TPSA) is 78.1 Å². The number of hydrogen-bond donors (Lipinski definition) is 2. The van der Waals surface area contributed by atoms with Crippen LogP contribution in [0, 0.1) is 12.7 Å². The van der Waals surface area contributed by atoms with E-state index in [0.717, 1.165) is 11.3 Å². The molecule has 0 saturated heterocycles. The van der Waals surface area contributed by atoms with Crippen LogP contribution in [0.15, 0.2) is 53.3 Å². The smallest absolute Gasteiger partial charge is 0.320 e. The monoisotopic (exact) mass is 392 g/mol. The van der Waals surface area contributed by atoms with Crippen LogP contribution in [0.3, 0.4) is 0 Å². The summed E-state index contributed by atoms with van der Waals surface area (Å²) in [5.41, 5.74) is 3.06. The average Bonchev–Trinajstić information content (AvgIpc) is 2.71. The largest absolute Gasteiger partial charge is 0.322 e. The summed E-state index contributed by atoms with van der Waals surface area (Å²) in [6, 6.07) is 13.7. The van der Waals surface area contributed by atoms with E-state index in [-0.39, 0.29) is 30.4 Å². The van der Waals surface area contributed by atoms with Gasteiger partial charge in [-0.25, -0.2) is 14.2 Å². The number of halogens is 1. The van der Waals surface area contributed by atoms with Gasteiger partial charge in [0.1, 0.15) is 11.6 Å². The van der Waals surface area contributed by atoms with E-state index in [4.69, 9.17) is 0 Å². The second-order valence-corrected chi connectivity index (χ2v) is 7.12. The highest BCUT2D eigenvalue weighted by molar-refractivity contribution is 5.90. The summed E-state index contributed by atoms with van der Waals surface area (Å²) in [6.45, 7) is 2.57. The van der Waals surface area contributed by atoms with Crippen LogP contribution >= 0.6 is 0 Å². The molecular weight excluding hydrogens is 371 g/mol. The molecule has 6 nitrogen and oxygen atoms in total. The molecule has 148 valence electrons. The number of para-hydroxylation sites is 1. The standard InChI is InChI=1S/C22H21FN4O2/c1-14-6-2-5-9-18(14)25-22(29)27-11-10-19-16(13-27)21(28)26-20(24-19)12-15-7-3-4-8-17(15)23/h2-9H,10-13H2,1H3,(H,25,29)(H,24,26,28). The predicted molar refractivity (Wildman–Crippen MR) is 108 cm³/mol. The molecule has 4 rings (SSSR count). The molecule has 1 aromatic heterocycles. The first-order chi connectivity index (χ1) is 14.0. The minimum atomic E-state index is -0.327. The van der Waals surface area contributed by atoms with E-state index in [1.165, 1.54) is 6.07 Å². The van der Waals surface area contributed by atoms with Crippen LogP contribution in [0.5, 0.6) is 0 Å². The van der Waals surface area contributed by atoms with Crippen molar-refractivity contribution in [2.45, 2.75) is 26.3 Å². The highest BCUT2D eigenvalue weighted by Gasteiger charge is 2.25. The third kappa shape index (κ3) is 4.03. The predicted octanol–water partition coefficient (Wildman–Crippen LogP) is 3.40. The Morgan fingerprint density at radius 3 is 2.76 bits per heavy atom. The normalized spacial score (nSPS) is 13.1. The zero-order valence-electron chi connectivity index (χ0n) is 16.0. The number of urea groups is 1. The summed E-state index contributed by atoms with van der Waals surface area (Å²) in [5.74, 6) is 0.101. The van der Waals surface area contributed by atoms with Gasteiger partial charge in [-0.1, -0.05) is 36.4 Å². The van der Waals surface area contributed by atoms with Gasteiger partial charge in [-0.05, 0) is 30.2 Å². The van der Waals surface area contributed by atoms with Gasteiger partial charge in [0.15, 0.2) is 0 Å². The van der Waals surface area contributed by atoms with E-state index in [1.807, 2.05) is 31.2 Å². The Morgan fingerprint density at radius 1 is 1.21 bits per heavy atom. The van der Waals surface area contributed by atoms with Gasteiger partial charge in [0.25, 0.3) is 5.56 Å². The molecule has 0 spiro atoms. The highest BCUT2D eigenvalue weighted by Crippen LogP contribution is 2.18. The first-order valence-corrected chi connectivity index (χ1v) is 9.47. The number of H-pyrrole nitrogens is 1. The summed E-state index contributed by atoms with van der Waals surface area (Å²) in [4.78, 5) is 34.1. The third-order valence-electron chi connectivity index (χ3n) is 5.11. The van der Waals surface area contributed by atoms with E-state index in [0.29, 0.717) is 35.6 Å². The van der Waals surface area contributed by atoms with E-state index in [2.05, 4.69) is 15.3 Å². The van der Waals surface area contributed by atoms with E-state index < -0.39 is 0 Å². The molecule has 2 amide bonds. The van der Waals surface area contributed by atoms with Gasteiger partial charge in [-0.3, -0.25) is 4.79 Å². The lowest BCUT2D eigenvalue weighted by atomic mass is 10.1. The number of rotatable bonds is 3. The molecule has 0 fully saturated rings. The SMILES string of the molecule is Cc1ccccc1NC(=O)N1CCc2nc(Cc3ccccc3F)[nH]c(=O)c2C1. The van der Waals surface area contributed by atoms with Crippen molar-refractivity contribution in [3.63, 3.8) is 0 Å². The molecule has 2 N–H and O–H groups in total. The maximum atomic E-state index is 13.9. The summed E-state index contributed by atoms with van der Waals surface area (Å²) in [5, 5.41) is 2.89. The summed E-state index contributed by atoms with van der Waals surface area (Å²) in [6.07, 6.45) is 0.692. The number of nitrogens with zero attached hydrogens (tertiary/aromatic N) is 2. The Balaban J connectivity index is 1.51. The van der Waals surface area contributed by atoms with Crippen molar-refractivity contribution < 1.29 is 9.18 Å². The quantitative estimate of drug-likeness (QED) is 0.717. The van der Waals surface area contributed by atoms with E-state index >= 15 is 0 Å². The van der Waals surface area contributed by atoms with Crippen molar-refractivity contribution in [1.29, 1.82) is 0 Å². The lowest BCUT2D eigenvalue weighted by Gasteiger charge is -2.28. The minimum Gasteiger partial charge on any atom is -0.320 e. The Morgan fingerprint density at radius 2 is 1.97 bits per heavy atom. The van der Waals surface area contributed by atoms with Crippen molar-refractivity contribution in [3.05, 3.63) is 92.9 Å². The van der Waals surface area contributed by atoms with Crippen molar-refractivity contribution in [2.24, 2.45) is 0 Å². The highest BCUT2D eigenvalue weighted by atomic mass is 19.1. The number of hydrogen-bond acceptors (Lipinski definition) is 3. The van der Waals surface area contributed by atoms with E-state index in [1.54, 1.807) is 23.1 Å². The molecular formula is C22H21FN4O2. The molecule has 0 bridgehead atoms. The molecule has 2 heterocycles. The molecule has 0 unspecified atom stereocenters. The summed E-state index contributed by atoms with van der Waals surface area (Å²) < 4.78 is 13.9. The number of amides is 2.